The number of sulfonamides is 1. The van der Waals surface area contributed by atoms with Crippen LogP contribution in [0.25, 0.3) is 10.9 Å². The maximum atomic E-state index is 12.7. The van der Waals surface area contributed by atoms with Crippen LogP contribution in [0.2, 0.25) is 0 Å². The van der Waals surface area contributed by atoms with Crippen LogP contribution in [-0.2, 0) is 10.0 Å². The quantitative estimate of drug-likeness (QED) is 0.223. The van der Waals surface area contributed by atoms with Crippen molar-refractivity contribution in [2.45, 2.75) is 37.5 Å². The lowest BCUT2D eigenvalue weighted by Crippen LogP contribution is -2.32. The number of aromatic nitrogens is 2. The summed E-state index contributed by atoms with van der Waals surface area (Å²) in [6, 6.07) is 22.5. The second-order valence-electron chi connectivity index (χ2n) is 9.99. The van der Waals surface area contributed by atoms with Crippen molar-refractivity contribution in [3.05, 3.63) is 78.4 Å². The molecular weight excluding hydrogens is 498 g/mol. The van der Waals surface area contributed by atoms with Crippen LogP contribution in [-0.4, -0.2) is 36.6 Å². The van der Waals surface area contributed by atoms with Crippen LogP contribution in [0, 0.1) is 18.8 Å². The van der Waals surface area contributed by atoms with Crippen molar-refractivity contribution >= 4 is 38.4 Å². The highest BCUT2D eigenvalue weighted by atomic mass is 32.2. The van der Waals surface area contributed by atoms with Gasteiger partial charge in [-0.25, -0.2) is 18.1 Å². The second kappa shape index (κ2) is 11.4. The molecular formula is C29H33N5O3S. The number of aryl methyl sites for hydroxylation is 1. The van der Waals surface area contributed by atoms with Crippen molar-refractivity contribution in [3.63, 3.8) is 0 Å². The molecule has 5 rings (SSSR count). The summed E-state index contributed by atoms with van der Waals surface area (Å²) in [7, 11) is -3.75. The number of nitrogens with zero attached hydrogens (tertiary/aromatic N) is 2. The van der Waals surface area contributed by atoms with E-state index in [2.05, 4.69) is 15.4 Å². The van der Waals surface area contributed by atoms with Crippen molar-refractivity contribution < 1.29 is 13.5 Å². The van der Waals surface area contributed by atoms with Crippen molar-refractivity contribution in [3.8, 4) is 5.75 Å². The third-order valence-electron chi connectivity index (χ3n) is 7.12. The Morgan fingerprint density at radius 1 is 0.868 bits per heavy atom. The van der Waals surface area contributed by atoms with Crippen molar-refractivity contribution in [1.29, 1.82) is 0 Å². The Labute approximate surface area is 223 Å². The maximum absolute atomic E-state index is 12.7. The van der Waals surface area contributed by atoms with Crippen LogP contribution < -0.4 is 15.4 Å². The molecule has 1 heterocycles. The van der Waals surface area contributed by atoms with E-state index in [4.69, 9.17) is 9.97 Å². The second-order valence-corrected chi connectivity index (χ2v) is 11.7. The van der Waals surface area contributed by atoms with Crippen LogP contribution in [0.15, 0.2) is 77.7 Å². The lowest BCUT2D eigenvalue weighted by Gasteiger charge is -2.28. The van der Waals surface area contributed by atoms with Crippen LogP contribution in [0.1, 0.15) is 31.2 Å². The molecule has 0 spiro atoms. The van der Waals surface area contributed by atoms with Crippen LogP contribution in [0.4, 0.5) is 17.5 Å². The molecule has 0 atom stereocenters. The van der Waals surface area contributed by atoms with Crippen molar-refractivity contribution in [1.82, 2.24) is 14.7 Å². The highest BCUT2D eigenvalue weighted by Gasteiger charge is 2.25. The number of para-hydroxylation sites is 2. The third-order valence-corrected chi connectivity index (χ3v) is 8.59. The molecule has 0 amide bonds. The van der Waals surface area contributed by atoms with Gasteiger partial charge in [0.25, 0.3) is 0 Å². The average molecular weight is 532 g/mol. The molecule has 8 nitrogen and oxygen atoms in total. The van der Waals surface area contributed by atoms with Gasteiger partial charge in [0.15, 0.2) is 0 Å². The molecule has 0 aliphatic heterocycles. The number of fused-ring (bicyclic) bond motifs is 1. The van der Waals surface area contributed by atoms with Gasteiger partial charge in [0.2, 0.25) is 16.0 Å². The van der Waals surface area contributed by atoms with E-state index in [0.29, 0.717) is 18.4 Å². The van der Waals surface area contributed by atoms with E-state index in [-0.39, 0.29) is 16.6 Å². The van der Waals surface area contributed by atoms with Crippen LogP contribution in [0.3, 0.4) is 0 Å². The highest BCUT2D eigenvalue weighted by molar-refractivity contribution is 7.89. The van der Waals surface area contributed by atoms with Gasteiger partial charge in [0, 0.05) is 24.2 Å². The number of phenolic OH excluding ortho intramolecular Hbond substituents is 1. The van der Waals surface area contributed by atoms with Gasteiger partial charge in [0.05, 0.1) is 5.52 Å². The number of hydrogen-bond donors (Lipinski definition) is 4. The summed E-state index contributed by atoms with van der Waals surface area (Å²) in [5.41, 5.74) is 2.65. The van der Waals surface area contributed by atoms with Crippen molar-refractivity contribution in [2.24, 2.45) is 11.8 Å². The average Bonchev–Trinajstić information content (AvgIpc) is 2.92. The van der Waals surface area contributed by atoms with Gasteiger partial charge in [-0.1, -0.05) is 36.4 Å². The fraction of sp³-hybridized carbons (Fsp3) is 0.310. The SMILES string of the molecule is Cc1ccc(S(=O)(=O)NCC2CCC(CNc3nc(Nc4ccccc4)c4ccccc4n3)CC2)c(O)c1. The van der Waals surface area contributed by atoms with E-state index in [9.17, 15) is 13.5 Å². The number of aromatic hydroxyl groups is 1. The number of anilines is 3. The molecule has 1 saturated carbocycles. The molecule has 0 radical (unpaired) electrons. The predicted molar refractivity (Wildman–Crippen MR) is 151 cm³/mol. The number of benzene rings is 3. The normalized spacial score (nSPS) is 17.8. The van der Waals surface area contributed by atoms with Gasteiger partial charge in [-0.15, -0.1) is 0 Å². The Morgan fingerprint density at radius 2 is 1.55 bits per heavy atom. The first-order valence-electron chi connectivity index (χ1n) is 13.0. The fourth-order valence-electron chi connectivity index (χ4n) is 4.94. The van der Waals surface area contributed by atoms with Crippen LogP contribution in [0.5, 0.6) is 5.75 Å². The fourth-order valence-corrected chi connectivity index (χ4v) is 6.14. The first-order valence-corrected chi connectivity index (χ1v) is 14.5. The van der Waals surface area contributed by atoms with Gasteiger partial charge in [-0.2, -0.15) is 4.98 Å². The molecule has 3 aromatic carbocycles. The zero-order valence-corrected chi connectivity index (χ0v) is 22.2. The molecule has 0 unspecified atom stereocenters. The smallest absolute Gasteiger partial charge is 0.244 e. The lowest BCUT2D eigenvalue weighted by molar-refractivity contribution is 0.284. The maximum Gasteiger partial charge on any atom is 0.244 e. The molecule has 38 heavy (non-hydrogen) atoms. The van der Waals surface area contributed by atoms with E-state index in [1.165, 1.54) is 12.1 Å². The Kier molecular flexibility index (Phi) is 7.76. The van der Waals surface area contributed by atoms with E-state index in [0.717, 1.165) is 60.2 Å². The largest absolute Gasteiger partial charge is 0.507 e. The Hall–Kier alpha value is -3.69. The van der Waals surface area contributed by atoms with Gasteiger partial charge in [0.1, 0.15) is 16.5 Å². The first kappa shape index (κ1) is 25.9. The molecule has 1 aliphatic carbocycles. The van der Waals surface area contributed by atoms with Crippen molar-refractivity contribution in [2.75, 3.05) is 23.7 Å². The lowest BCUT2D eigenvalue weighted by atomic mass is 9.82. The number of phenols is 1. The molecule has 9 heteroatoms. The summed E-state index contributed by atoms with van der Waals surface area (Å²) in [6.45, 7) is 2.94. The molecule has 0 bridgehead atoms. The zero-order valence-electron chi connectivity index (χ0n) is 21.4. The Morgan fingerprint density at radius 3 is 2.29 bits per heavy atom. The molecule has 1 aliphatic rings. The minimum Gasteiger partial charge on any atom is -0.507 e. The number of hydrogen-bond acceptors (Lipinski definition) is 7. The molecule has 198 valence electrons. The Bertz CT molecular complexity index is 1500. The highest BCUT2D eigenvalue weighted by Crippen LogP contribution is 2.30. The monoisotopic (exact) mass is 531 g/mol. The summed E-state index contributed by atoms with van der Waals surface area (Å²) in [6.07, 6.45) is 3.87. The Balaban J connectivity index is 1.16. The number of nitrogens with one attached hydrogen (secondary N) is 3. The summed E-state index contributed by atoms with van der Waals surface area (Å²) in [5, 5.41) is 17.9. The zero-order chi connectivity index (χ0) is 26.5. The summed E-state index contributed by atoms with van der Waals surface area (Å²) in [5.74, 6) is 1.87. The van der Waals surface area contributed by atoms with Gasteiger partial charge in [-0.3, -0.25) is 0 Å². The van der Waals surface area contributed by atoms with Gasteiger partial charge >= 0.3 is 0 Å². The molecule has 0 saturated heterocycles. The summed E-state index contributed by atoms with van der Waals surface area (Å²) >= 11 is 0. The van der Waals surface area contributed by atoms with Crippen LogP contribution >= 0.6 is 0 Å². The molecule has 4 N–H and O–H groups in total. The van der Waals surface area contributed by atoms with Gasteiger partial charge in [-0.05, 0) is 86.4 Å². The first-order chi connectivity index (χ1) is 18.4. The topological polar surface area (TPSA) is 116 Å². The minimum atomic E-state index is -3.75. The predicted octanol–water partition coefficient (Wildman–Crippen LogP) is 5.58. The standard InChI is InChI=1S/C29H33N5O3S/c1-20-11-16-27(26(35)17-20)38(36,37)31-19-22-14-12-21(13-15-22)18-30-29-33-25-10-6-5-9-24(25)28(34-29)32-23-7-3-2-4-8-23/h2-11,16-17,21-22,31,35H,12-15,18-19H2,1H3,(H2,30,32,33,34). The summed E-state index contributed by atoms with van der Waals surface area (Å²) in [4.78, 5) is 9.41. The van der Waals surface area contributed by atoms with Gasteiger partial charge < -0.3 is 15.7 Å². The molecule has 1 aromatic heterocycles. The number of rotatable bonds is 9. The van der Waals surface area contributed by atoms with E-state index in [1.54, 1.807) is 6.07 Å². The minimum absolute atomic E-state index is 0.0718. The molecule has 4 aromatic rings. The molecule has 1 fully saturated rings. The third kappa shape index (κ3) is 6.23. The van der Waals surface area contributed by atoms with E-state index >= 15 is 0 Å². The van der Waals surface area contributed by atoms with E-state index in [1.807, 2.05) is 61.5 Å². The summed E-state index contributed by atoms with van der Waals surface area (Å²) < 4.78 is 28.0. The van der Waals surface area contributed by atoms with E-state index < -0.39 is 10.0 Å².